The maximum atomic E-state index is 13.1. The van der Waals surface area contributed by atoms with Gasteiger partial charge >= 0.3 is 12.1 Å². The van der Waals surface area contributed by atoms with Crippen molar-refractivity contribution in [3.8, 4) is 11.1 Å². The van der Waals surface area contributed by atoms with E-state index < -0.39 is 29.6 Å². The van der Waals surface area contributed by atoms with Crippen LogP contribution in [0.1, 0.15) is 58.1 Å². The first-order chi connectivity index (χ1) is 15.8. The lowest BCUT2D eigenvalue weighted by atomic mass is 9.87. The number of fused-ring (bicyclic) bond motifs is 3. The lowest BCUT2D eigenvalue weighted by Crippen LogP contribution is -2.58. The van der Waals surface area contributed by atoms with Gasteiger partial charge in [-0.3, -0.25) is 4.79 Å². The summed E-state index contributed by atoms with van der Waals surface area (Å²) in [4.78, 5) is 38.8. The maximum Gasteiger partial charge on any atom is 0.408 e. The van der Waals surface area contributed by atoms with Crippen molar-refractivity contribution in [2.75, 3.05) is 13.7 Å². The van der Waals surface area contributed by atoms with E-state index in [0.717, 1.165) is 22.3 Å². The summed E-state index contributed by atoms with van der Waals surface area (Å²) in [7, 11) is 1.45. The highest BCUT2D eigenvalue weighted by molar-refractivity contribution is 5.92. The Kier molecular flexibility index (Phi) is 7.05. The smallest absolute Gasteiger partial charge is 0.408 e. The molecule has 2 N–H and O–H groups in total. The molecule has 2 aromatic rings. The molecule has 7 heteroatoms. The summed E-state index contributed by atoms with van der Waals surface area (Å²) in [6.07, 6.45) is -0.442. The number of aliphatic carboxylic acids is 1. The molecular formula is C27H34N2O5. The van der Waals surface area contributed by atoms with Crippen LogP contribution in [0.4, 0.5) is 4.79 Å². The fraction of sp³-hybridized carbons (Fsp3) is 0.444. The first kappa shape index (κ1) is 25.3. The van der Waals surface area contributed by atoms with Gasteiger partial charge in [0, 0.05) is 13.0 Å². The van der Waals surface area contributed by atoms with Gasteiger partial charge in [0.05, 0.1) is 0 Å². The van der Waals surface area contributed by atoms with E-state index >= 15 is 0 Å². The molecule has 2 aromatic carbocycles. The minimum atomic E-state index is -1.34. The molecule has 182 valence electrons. The van der Waals surface area contributed by atoms with E-state index in [4.69, 9.17) is 4.74 Å². The molecule has 0 spiro atoms. The summed E-state index contributed by atoms with van der Waals surface area (Å²) in [6.45, 7) is 8.97. The minimum absolute atomic E-state index is 0.0946. The van der Waals surface area contributed by atoms with Gasteiger partial charge in [0.25, 0.3) is 0 Å². The number of hydrogen-bond donors (Lipinski definition) is 2. The Bertz CT molecular complexity index is 1040. The molecule has 0 aliphatic heterocycles. The molecule has 2 amide bonds. The number of benzene rings is 2. The number of ether oxygens (including phenoxy) is 1. The molecule has 0 saturated heterocycles. The van der Waals surface area contributed by atoms with Gasteiger partial charge in [-0.2, -0.15) is 0 Å². The summed E-state index contributed by atoms with van der Waals surface area (Å²) in [5.74, 6) is -1.68. The van der Waals surface area contributed by atoms with Gasteiger partial charge in [-0.05, 0) is 47.9 Å². The lowest BCUT2D eigenvalue weighted by Gasteiger charge is -2.35. The van der Waals surface area contributed by atoms with Gasteiger partial charge in [-0.25, -0.2) is 9.59 Å². The van der Waals surface area contributed by atoms with Gasteiger partial charge in [-0.15, -0.1) is 0 Å². The van der Waals surface area contributed by atoms with Crippen molar-refractivity contribution in [2.45, 2.75) is 58.5 Å². The molecule has 0 radical (unpaired) electrons. The molecule has 0 bridgehead atoms. The summed E-state index contributed by atoms with van der Waals surface area (Å²) >= 11 is 0. The van der Waals surface area contributed by atoms with E-state index in [1.54, 1.807) is 13.8 Å². The second-order valence-corrected chi connectivity index (χ2v) is 10.6. The predicted molar refractivity (Wildman–Crippen MR) is 131 cm³/mol. The average Bonchev–Trinajstić information content (AvgIpc) is 3.08. The van der Waals surface area contributed by atoms with Crippen molar-refractivity contribution >= 4 is 18.0 Å². The van der Waals surface area contributed by atoms with E-state index in [9.17, 15) is 19.5 Å². The summed E-state index contributed by atoms with van der Waals surface area (Å²) in [5, 5.41) is 12.3. The molecule has 3 rings (SSSR count). The zero-order valence-electron chi connectivity index (χ0n) is 20.7. The van der Waals surface area contributed by atoms with Crippen molar-refractivity contribution in [1.82, 2.24) is 10.2 Å². The van der Waals surface area contributed by atoms with Crippen molar-refractivity contribution in [3.05, 3.63) is 59.7 Å². The van der Waals surface area contributed by atoms with Crippen LogP contribution in [0.25, 0.3) is 11.1 Å². The highest BCUT2D eigenvalue weighted by Gasteiger charge is 2.39. The third kappa shape index (κ3) is 5.41. The van der Waals surface area contributed by atoms with Crippen LogP contribution in [0.2, 0.25) is 0 Å². The number of likely N-dealkylation sites (N-methyl/N-ethyl adjacent to an activating group) is 1. The molecule has 1 aliphatic rings. The molecule has 0 heterocycles. The summed E-state index contributed by atoms with van der Waals surface area (Å²) in [5.41, 5.74) is 2.81. The zero-order chi connectivity index (χ0) is 25.3. The van der Waals surface area contributed by atoms with E-state index in [-0.39, 0.29) is 24.4 Å². The van der Waals surface area contributed by atoms with Gasteiger partial charge in [0.2, 0.25) is 5.91 Å². The lowest BCUT2D eigenvalue weighted by molar-refractivity contribution is -0.152. The van der Waals surface area contributed by atoms with Gasteiger partial charge < -0.3 is 20.1 Å². The number of carbonyl (C=O) groups is 3. The van der Waals surface area contributed by atoms with Crippen LogP contribution >= 0.6 is 0 Å². The van der Waals surface area contributed by atoms with Crippen molar-refractivity contribution < 1.29 is 24.2 Å². The fourth-order valence-corrected chi connectivity index (χ4v) is 4.50. The molecule has 0 saturated carbocycles. The molecule has 1 unspecified atom stereocenters. The first-order valence-corrected chi connectivity index (χ1v) is 11.4. The van der Waals surface area contributed by atoms with Crippen LogP contribution in [0.15, 0.2) is 48.5 Å². The SMILES string of the molecule is CN(C(=O)C(C)(C)NC(=O)OCC1c2ccccc2-c2ccccc21)C(CC(C)(C)C)C(=O)O. The standard InChI is InChI=1S/C27H34N2O5/c1-26(2,3)15-22(23(30)31)29(6)24(32)27(4,5)28-25(33)34-16-21-19-13-9-7-11-17(19)18-12-8-10-14-20(18)21/h7-14,21-22H,15-16H2,1-6H3,(H,28,33)(H,30,31). The normalized spacial score (nSPS) is 14.1. The van der Waals surface area contributed by atoms with Gasteiger partial charge in [0.15, 0.2) is 0 Å². The molecule has 7 nitrogen and oxygen atoms in total. The second-order valence-electron chi connectivity index (χ2n) is 10.6. The number of hydrogen-bond acceptors (Lipinski definition) is 4. The van der Waals surface area contributed by atoms with Gasteiger partial charge in [-0.1, -0.05) is 69.3 Å². The summed E-state index contributed by atoms with van der Waals surface area (Å²) < 4.78 is 5.56. The van der Waals surface area contributed by atoms with Crippen LogP contribution in [0, 0.1) is 5.41 Å². The van der Waals surface area contributed by atoms with E-state index in [2.05, 4.69) is 17.4 Å². The predicted octanol–water partition coefficient (Wildman–Crippen LogP) is 4.65. The van der Waals surface area contributed by atoms with E-state index in [1.165, 1.54) is 11.9 Å². The Balaban J connectivity index is 1.67. The van der Waals surface area contributed by atoms with Crippen molar-refractivity contribution in [3.63, 3.8) is 0 Å². The third-order valence-electron chi connectivity index (χ3n) is 6.17. The van der Waals surface area contributed by atoms with Crippen molar-refractivity contribution in [1.29, 1.82) is 0 Å². The number of nitrogens with one attached hydrogen (secondary N) is 1. The number of amides is 2. The molecule has 1 atom stereocenters. The Hall–Kier alpha value is -3.35. The molecule has 34 heavy (non-hydrogen) atoms. The highest BCUT2D eigenvalue weighted by Crippen LogP contribution is 2.44. The van der Waals surface area contributed by atoms with Crippen LogP contribution in [-0.2, 0) is 14.3 Å². The monoisotopic (exact) mass is 466 g/mol. The Labute approximate surface area is 201 Å². The van der Waals surface area contributed by atoms with Crippen molar-refractivity contribution in [2.24, 2.45) is 5.41 Å². The third-order valence-corrected chi connectivity index (χ3v) is 6.17. The van der Waals surface area contributed by atoms with Gasteiger partial charge in [0.1, 0.15) is 18.2 Å². The topological polar surface area (TPSA) is 95.9 Å². The molecule has 0 fully saturated rings. The molecule has 1 aliphatic carbocycles. The average molecular weight is 467 g/mol. The van der Waals surface area contributed by atoms with Crippen LogP contribution < -0.4 is 5.32 Å². The van der Waals surface area contributed by atoms with E-state index in [1.807, 2.05) is 57.2 Å². The first-order valence-electron chi connectivity index (χ1n) is 11.4. The molecule has 0 aromatic heterocycles. The molecular weight excluding hydrogens is 432 g/mol. The number of carboxylic acids is 1. The Morgan fingerprint density at radius 3 is 1.94 bits per heavy atom. The highest BCUT2D eigenvalue weighted by atomic mass is 16.5. The number of carbonyl (C=O) groups excluding carboxylic acids is 2. The number of carboxylic acid groups (broad SMARTS) is 1. The minimum Gasteiger partial charge on any atom is -0.480 e. The summed E-state index contributed by atoms with van der Waals surface area (Å²) in [6, 6.07) is 15.1. The largest absolute Gasteiger partial charge is 0.480 e. The quantitative estimate of drug-likeness (QED) is 0.619. The maximum absolute atomic E-state index is 13.1. The van der Waals surface area contributed by atoms with E-state index in [0.29, 0.717) is 0 Å². The van der Waals surface area contributed by atoms with Crippen LogP contribution in [-0.4, -0.2) is 53.2 Å². The Morgan fingerprint density at radius 2 is 1.47 bits per heavy atom. The van der Waals surface area contributed by atoms with Crippen LogP contribution in [0.3, 0.4) is 0 Å². The Morgan fingerprint density at radius 1 is 0.971 bits per heavy atom. The number of rotatable bonds is 7. The van der Waals surface area contributed by atoms with Crippen LogP contribution in [0.5, 0.6) is 0 Å². The fourth-order valence-electron chi connectivity index (χ4n) is 4.50. The number of alkyl carbamates (subject to hydrolysis) is 1. The number of nitrogens with zero attached hydrogens (tertiary/aromatic N) is 1. The zero-order valence-corrected chi connectivity index (χ0v) is 20.7. The second kappa shape index (κ2) is 9.49.